The fourth-order valence-corrected chi connectivity index (χ4v) is 2.78. The SMILES string of the molecule is CC(N)C(c1cccnc1)N1CCCC1C(N)=O. The Bertz CT molecular complexity index is 407. The van der Waals surface area contributed by atoms with Gasteiger partial charge in [-0.2, -0.15) is 0 Å². The van der Waals surface area contributed by atoms with Crippen LogP contribution in [0.2, 0.25) is 0 Å². The molecule has 3 atom stereocenters. The van der Waals surface area contributed by atoms with Crippen LogP contribution in [0.15, 0.2) is 24.5 Å². The molecule has 0 aliphatic carbocycles. The average molecular weight is 248 g/mol. The minimum Gasteiger partial charge on any atom is -0.368 e. The number of nitrogens with two attached hydrogens (primary N) is 2. The molecule has 0 bridgehead atoms. The van der Waals surface area contributed by atoms with Crippen molar-refractivity contribution in [2.75, 3.05) is 6.54 Å². The number of hydrogen-bond donors (Lipinski definition) is 2. The van der Waals surface area contributed by atoms with Crippen molar-refractivity contribution in [1.29, 1.82) is 0 Å². The minimum absolute atomic E-state index is 0.00120. The molecule has 0 saturated carbocycles. The Morgan fingerprint density at radius 3 is 2.94 bits per heavy atom. The Hall–Kier alpha value is -1.46. The first kappa shape index (κ1) is 13.0. The summed E-state index contributed by atoms with van der Waals surface area (Å²) in [5, 5.41) is 0. The van der Waals surface area contributed by atoms with E-state index in [4.69, 9.17) is 11.5 Å². The number of aromatic nitrogens is 1. The summed E-state index contributed by atoms with van der Waals surface area (Å²) >= 11 is 0. The molecule has 1 aliphatic heterocycles. The number of carbonyl (C=O) groups excluding carboxylic acids is 1. The summed E-state index contributed by atoms with van der Waals surface area (Å²) in [6.45, 7) is 2.81. The van der Waals surface area contributed by atoms with Gasteiger partial charge < -0.3 is 11.5 Å². The van der Waals surface area contributed by atoms with E-state index in [9.17, 15) is 4.79 Å². The molecule has 1 aromatic rings. The lowest BCUT2D eigenvalue weighted by molar-refractivity contribution is -0.123. The highest BCUT2D eigenvalue weighted by atomic mass is 16.1. The lowest BCUT2D eigenvalue weighted by Crippen LogP contribution is -2.47. The second kappa shape index (κ2) is 5.46. The standard InChI is InChI=1S/C13H20N4O/c1-9(14)12(10-4-2-6-16-8-10)17-7-3-5-11(17)13(15)18/h2,4,6,8-9,11-12H,3,5,7,14H2,1H3,(H2,15,18). The zero-order chi connectivity index (χ0) is 13.1. The van der Waals surface area contributed by atoms with E-state index in [0.29, 0.717) is 0 Å². The lowest BCUT2D eigenvalue weighted by atomic mass is 10.00. The fraction of sp³-hybridized carbons (Fsp3) is 0.538. The first-order valence-electron chi connectivity index (χ1n) is 6.32. The molecule has 0 aromatic carbocycles. The Labute approximate surface area is 107 Å². The van der Waals surface area contributed by atoms with Crippen molar-refractivity contribution in [2.45, 2.75) is 37.9 Å². The van der Waals surface area contributed by atoms with E-state index in [0.717, 1.165) is 24.9 Å². The van der Waals surface area contributed by atoms with E-state index >= 15 is 0 Å². The quantitative estimate of drug-likeness (QED) is 0.808. The number of carbonyl (C=O) groups is 1. The molecule has 0 radical (unpaired) electrons. The third kappa shape index (κ3) is 2.52. The van der Waals surface area contributed by atoms with Crippen LogP contribution < -0.4 is 11.5 Å². The smallest absolute Gasteiger partial charge is 0.234 e. The van der Waals surface area contributed by atoms with Crippen molar-refractivity contribution in [3.63, 3.8) is 0 Å². The molecule has 5 nitrogen and oxygen atoms in total. The van der Waals surface area contributed by atoms with Crippen LogP contribution in [0.4, 0.5) is 0 Å². The third-order valence-corrected chi connectivity index (χ3v) is 3.50. The van der Waals surface area contributed by atoms with Gasteiger partial charge in [-0.3, -0.25) is 14.7 Å². The number of primary amides is 1. The molecule has 4 N–H and O–H groups in total. The third-order valence-electron chi connectivity index (χ3n) is 3.50. The summed E-state index contributed by atoms with van der Waals surface area (Å²) in [7, 11) is 0. The van der Waals surface area contributed by atoms with Crippen LogP contribution in [-0.4, -0.2) is 34.4 Å². The predicted octanol–water partition coefficient (Wildman–Crippen LogP) is 0.420. The Morgan fingerprint density at radius 2 is 2.39 bits per heavy atom. The zero-order valence-electron chi connectivity index (χ0n) is 10.6. The minimum atomic E-state index is -0.262. The summed E-state index contributed by atoms with van der Waals surface area (Å²) in [5.74, 6) is -0.262. The molecular formula is C13H20N4O. The highest BCUT2D eigenvalue weighted by Crippen LogP contribution is 2.30. The summed E-state index contributed by atoms with van der Waals surface area (Å²) in [6, 6.07) is 3.60. The van der Waals surface area contributed by atoms with Crippen LogP contribution in [-0.2, 0) is 4.79 Å². The van der Waals surface area contributed by atoms with Crippen molar-refractivity contribution in [3.05, 3.63) is 30.1 Å². The molecular weight excluding hydrogens is 228 g/mol. The average Bonchev–Trinajstić information content (AvgIpc) is 2.79. The predicted molar refractivity (Wildman–Crippen MR) is 69.5 cm³/mol. The molecule has 98 valence electrons. The van der Waals surface area contributed by atoms with E-state index in [-0.39, 0.29) is 24.0 Å². The maximum atomic E-state index is 11.5. The number of pyridine rings is 1. The van der Waals surface area contributed by atoms with Gasteiger partial charge in [-0.05, 0) is 37.9 Å². The van der Waals surface area contributed by atoms with E-state index in [1.807, 2.05) is 25.3 Å². The van der Waals surface area contributed by atoms with Gasteiger partial charge in [0.25, 0.3) is 0 Å². The molecule has 1 amide bonds. The Morgan fingerprint density at radius 1 is 1.61 bits per heavy atom. The van der Waals surface area contributed by atoms with Crippen LogP contribution in [0.25, 0.3) is 0 Å². The van der Waals surface area contributed by atoms with Gasteiger partial charge in [0.05, 0.1) is 12.1 Å². The number of likely N-dealkylation sites (tertiary alicyclic amines) is 1. The molecule has 5 heteroatoms. The molecule has 18 heavy (non-hydrogen) atoms. The Kier molecular flexibility index (Phi) is 3.93. The molecule has 1 saturated heterocycles. The van der Waals surface area contributed by atoms with Gasteiger partial charge in [0.1, 0.15) is 0 Å². The highest BCUT2D eigenvalue weighted by molar-refractivity contribution is 5.80. The van der Waals surface area contributed by atoms with Crippen LogP contribution in [0.5, 0.6) is 0 Å². The van der Waals surface area contributed by atoms with E-state index < -0.39 is 0 Å². The van der Waals surface area contributed by atoms with Gasteiger partial charge in [-0.1, -0.05) is 6.07 Å². The molecule has 1 aromatic heterocycles. The summed E-state index contributed by atoms with van der Waals surface area (Å²) in [4.78, 5) is 17.7. The maximum Gasteiger partial charge on any atom is 0.234 e. The number of nitrogens with zero attached hydrogens (tertiary/aromatic N) is 2. The van der Waals surface area contributed by atoms with Crippen molar-refractivity contribution >= 4 is 5.91 Å². The van der Waals surface area contributed by atoms with E-state index in [1.54, 1.807) is 6.20 Å². The zero-order valence-corrected chi connectivity index (χ0v) is 10.6. The largest absolute Gasteiger partial charge is 0.368 e. The maximum absolute atomic E-state index is 11.5. The van der Waals surface area contributed by atoms with Gasteiger partial charge in [-0.25, -0.2) is 0 Å². The number of amides is 1. The van der Waals surface area contributed by atoms with Gasteiger partial charge >= 0.3 is 0 Å². The second-order valence-electron chi connectivity index (χ2n) is 4.89. The van der Waals surface area contributed by atoms with Gasteiger partial charge in [0.2, 0.25) is 5.91 Å². The first-order chi connectivity index (χ1) is 8.61. The Balaban J connectivity index is 2.28. The van der Waals surface area contributed by atoms with Crippen molar-refractivity contribution in [3.8, 4) is 0 Å². The molecule has 3 unspecified atom stereocenters. The first-order valence-corrected chi connectivity index (χ1v) is 6.32. The fourth-order valence-electron chi connectivity index (χ4n) is 2.78. The van der Waals surface area contributed by atoms with Crippen LogP contribution in [0.3, 0.4) is 0 Å². The van der Waals surface area contributed by atoms with Crippen molar-refractivity contribution < 1.29 is 4.79 Å². The van der Waals surface area contributed by atoms with Gasteiger partial charge in [0.15, 0.2) is 0 Å². The van der Waals surface area contributed by atoms with E-state index in [2.05, 4.69) is 9.88 Å². The summed E-state index contributed by atoms with van der Waals surface area (Å²) in [6.07, 6.45) is 5.34. The van der Waals surface area contributed by atoms with E-state index in [1.165, 1.54) is 0 Å². The van der Waals surface area contributed by atoms with Gasteiger partial charge in [-0.15, -0.1) is 0 Å². The number of rotatable bonds is 4. The molecule has 2 rings (SSSR count). The lowest BCUT2D eigenvalue weighted by Gasteiger charge is -2.34. The summed E-state index contributed by atoms with van der Waals surface area (Å²) < 4.78 is 0. The molecule has 2 heterocycles. The van der Waals surface area contributed by atoms with Crippen LogP contribution in [0.1, 0.15) is 31.4 Å². The number of hydrogen-bond acceptors (Lipinski definition) is 4. The van der Waals surface area contributed by atoms with Crippen molar-refractivity contribution in [1.82, 2.24) is 9.88 Å². The van der Waals surface area contributed by atoms with Crippen LogP contribution >= 0.6 is 0 Å². The topological polar surface area (TPSA) is 85.2 Å². The normalized spacial score (nSPS) is 23.8. The monoisotopic (exact) mass is 248 g/mol. The van der Waals surface area contributed by atoms with Crippen LogP contribution in [0, 0.1) is 0 Å². The van der Waals surface area contributed by atoms with Gasteiger partial charge in [0, 0.05) is 18.4 Å². The molecule has 1 fully saturated rings. The molecule has 1 aliphatic rings. The summed E-state index contributed by atoms with van der Waals surface area (Å²) in [5.41, 5.74) is 12.6. The second-order valence-corrected chi connectivity index (χ2v) is 4.89. The highest BCUT2D eigenvalue weighted by Gasteiger charge is 2.36. The van der Waals surface area contributed by atoms with Crippen molar-refractivity contribution in [2.24, 2.45) is 11.5 Å². The molecule has 0 spiro atoms.